The fourth-order valence-electron chi connectivity index (χ4n) is 3.40. The monoisotopic (exact) mass is 410 g/mol. The van der Waals surface area contributed by atoms with Crippen LogP contribution in [0.15, 0.2) is 54.3 Å². The van der Waals surface area contributed by atoms with Gasteiger partial charge in [0.2, 0.25) is 11.8 Å². The first-order valence-corrected chi connectivity index (χ1v) is 10.4. The summed E-state index contributed by atoms with van der Waals surface area (Å²) < 4.78 is 1.59. The van der Waals surface area contributed by atoms with E-state index < -0.39 is 6.04 Å². The zero-order valence-electron chi connectivity index (χ0n) is 16.0. The number of thiazole rings is 1. The maximum atomic E-state index is 12.8. The average molecular weight is 411 g/mol. The second kappa shape index (κ2) is 8.44. The molecule has 1 saturated heterocycles. The van der Waals surface area contributed by atoms with Gasteiger partial charge in [0.15, 0.2) is 5.13 Å². The molecule has 1 aromatic carbocycles. The van der Waals surface area contributed by atoms with Gasteiger partial charge in [-0.3, -0.25) is 14.3 Å². The largest absolute Gasteiger partial charge is 0.336 e. The summed E-state index contributed by atoms with van der Waals surface area (Å²) in [7, 11) is 0. The summed E-state index contributed by atoms with van der Waals surface area (Å²) in [5, 5.41) is 12.7. The molecule has 1 aliphatic heterocycles. The van der Waals surface area contributed by atoms with Crippen LogP contribution in [-0.4, -0.2) is 39.2 Å². The number of nitrogens with zero attached hydrogens (tertiary/aromatic N) is 4. The fraction of sp³-hybridized carbons (Fsp3) is 0.300. The van der Waals surface area contributed by atoms with Gasteiger partial charge in [-0.25, -0.2) is 4.98 Å². The van der Waals surface area contributed by atoms with Gasteiger partial charge in [-0.15, -0.1) is 11.3 Å². The summed E-state index contributed by atoms with van der Waals surface area (Å²) in [6, 6.07) is 8.27. The van der Waals surface area contributed by atoms with Gasteiger partial charge in [0.1, 0.15) is 12.1 Å². The van der Waals surface area contributed by atoms with Gasteiger partial charge in [-0.1, -0.05) is 6.07 Å². The molecule has 2 N–H and O–H groups in total. The molecule has 2 amide bonds. The molecule has 3 heterocycles. The molecule has 9 heteroatoms. The molecule has 0 saturated carbocycles. The molecule has 4 rings (SSSR count). The van der Waals surface area contributed by atoms with E-state index in [2.05, 4.69) is 25.6 Å². The molecule has 8 nitrogen and oxygen atoms in total. The van der Waals surface area contributed by atoms with E-state index in [0.717, 1.165) is 24.5 Å². The molecule has 0 radical (unpaired) electrons. The van der Waals surface area contributed by atoms with Crippen molar-refractivity contribution in [3.63, 3.8) is 0 Å². The van der Waals surface area contributed by atoms with Crippen molar-refractivity contribution >= 4 is 39.7 Å². The van der Waals surface area contributed by atoms with E-state index in [1.165, 1.54) is 11.3 Å². The van der Waals surface area contributed by atoms with Crippen LogP contribution in [0.5, 0.6) is 0 Å². The van der Waals surface area contributed by atoms with Gasteiger partial charge in [0.05, 0.1) is 0 Å². The smallest absolute Gasteiger partial charge is 0.248 e. The summed E-state index contributed by atoms with van der Waals surface area (Å²) >= 11 is 1.54. The molecule has 2 atom stereocenters. The number of anilines is 3. The van der Waals surface area contributed by atoms with Crippen molar-refractivity contribution in [2.24, 2.45) is 0 Å². The Morgan fingerprint density at radius 3 is 2.76 bits per heavy atom. The van der Waals surface area contributed by atoms with Crippen LogP contribution in [0.25, 0.3) is 0 Å². The summed E-state index contributed by atoms with van der Waals surface area (Å²) in [6.45, 7) is 2.61. The highest BCUT2D eigenvalue weighted by molar-refractivity contribution is 7.13. The van der Waals surface area contributed by atoms with Crippen molar-refractivity contribution in [2.75, 3.05) is 22.1 Å². The molecule has 0 bridgehead atoms. The average Bonchev–Trinajstić information content (AvgIpc) is 3.49. The lowest BCUT2D eigenvalue weighted by Crippen LogP contribution is -2.39. The topological polar surface area (TPSA) is 92.2 Å². The first-order valence-electron chi connectivity index (χ1n) is 9.49. The van der Waals surface area contributed by atoms with E-state index in [0.29, 0.717) is 11.4 Å². The molecule has 150 valence electrons. The number of benzene rings is 1. The Hall–Kier alpha value is -3.20. The zero-order valence-corrected chi connectivity index (χ0v) is 16.8. The third kappa shape index (κ3) is 4.29. The van der Waals surface area contributed by atoms with E-state index in [-0.39, 0.29) is 17.9 Å². The molecule has 3 aromatic rings. The number of nitrogens with one attached hydrogen (secondary N) is 2. The van der Waals surface area contributed by atoms with E-state index >= 15 is 0 Å². The van der Waals surface area contributed by atoms with Gasteiger partial charge in [-0.05, 0) is 44.0 Å². The minimum absolute atomic E-state index is 0.0638. The quantitative estimate of drug-likeness (QED) is 0.651. The first-order chi connectivity index (χ1) is 14.1. The van der Waals surface area contributed by atoms with Crippen LogP contribution in [0, 0.1) is 0 Å². The minimum Gasteiger partial charge on any atom is -0.336 e. The fourth-order valence-corrected chi connectivity index (χ4v) is 4.12. The Bertz CT molecular complexity index is 973. The Morgan fingerprint density at radius 2 is 2.03 bits per heavy atom. The minimum atomic E-state index is -0.436. The molecule has 1 fully saturated rings. The molecule has 1 aliphatic rings. The normalized spacial score (nSPS) is 17.1. The van der Waals surface area contributed by atoms with E-state index in [1.807, 2.05) is 11.4 Å². The lowest BCUT2D eigenvalue weighted by molar-refractivity contribution is -0.119. The van der Waals surface area contributed by atoms with E-state index in [1.54, 1.807) is 54.5 Å². The molecular weight excluding hydrogens is 388 g/mol. The van der Waals surface area contributed by atoms with Crippen LogP contribution in [0.1, 0.15) is 25.8 Å². The lowest BCUT2D eigenvalue weighted by atomic mass is 10.2. The Balaban J connectivity index is 1.41. The molecule has 2 unspecified atom stereocenters. The molecule has 0 spiro atoms. The molecule has 0 aliphatic carbocycles. The second-order valence-corrected chi connectivity index (χ2v) is 7.76. The Labute approximate surface area is 172 Å². The summed E-state index contributed by atoms with van der Waals surface area (Å²) in [5.74, 6) is -0.242. The van der Waals surface area contributed by atoms with Crippen molar-refractivity contribution < 1.29 is 9.59 Å². The number of carbonyl (C=O) groups excluding carboxylic acids is 2. The number of aromatic nitrogens is 3. The van der Waals surface area contributed by atoms with E-state index in [4.69, 9.17) is 0 Å². The van der Waals surface area contributed by atoms with Crippen molar-refractivity contribution in [3.8, 4) is 0 Å². The van der Waals surface area contributed by atoms with Gasteiger partial charge < -0.3 is 15.5 Å². The first kappa shape index (κ1) is 19.1. The van der Waals surface area contributed by atoms with Crippen LogP contribution in [0.3, 0.4) is 0 Å². The van der Waals surface area contributed by atoms with Gasteiger partial charge in [0.25, 0.3) is 0 Å². The summed E-state index contributed by atoms with van der Waals surface area (Å²) in [5.41, 5.74) is 1.26. The highest BCUT2D eigenvalue weighted by atomic mass is 32.1. The van der Waals surface area contributed by atoms with Gasteiger partial charge >= 0.3 is 0 Å². The third-order valence-electron chi connectivity index (χ3n) is 4.92. The van der Waals surface area contributed by atoms with Crippen molar-refractivity contribution in [1.29, 1.82) is 0 Å². The van der Waals surface area contributed by atoms with Crippen molar-refractivity contribution in [3.05, 3.63) is 54.3 Å². The van der Waals surface area contributed by atoms with Crippen LogP contribution in [0.4, 0.5) is 16.5 Å². The maximum Gasteiger partial charge on any atom is 0.248 e. The summed E-state index contributed by atoms with van der Waals surface area (Å²) in [6.07, 6.45) is 6.89. The standard InChI is InChI=1S/C20H22N6O2S/c1-14(26-11-4-8-22-26)18(27)23-15-5-2-6-16(13-15)24-19(28)17-7-3-10-25(17)20-21-9-12-29-20/h2,4-6,8-9,11-14,17H,3,7,10H2,1H3,(H,23,27)(H,24,28). The Morgan fingerprint density at radius 1 is 1.21 bits per heavy atom. The van der Waals surface area contributed by atoms with E-state index in [9.17, 15) is 9.59 Å². The number of rotatable bonds is 6. The van der Waals surface area contributed by atoms with Crippen molar-refractivity contribution in [2.45, 2.75) is 31.8 Å². The predicted molar refractivity (Wildman–Crippen MR) is 113 cm³/mol. The number of hydrogen-bond donors (Lipinski definition) is 2. The van der Waals surface area contributed by atoms with Crippen LogP contribution in [-0.2, 0) is 9.59 Å². The summed E-state index contributed by atoms with van der Waals surface area (Å²) in [4.78, 5) is 31.7. The maximum absolute atomic E-state index is 12.8. The van der Waals surface area contributed by atoms with Gasteiger partial charge in [0, 0.05) is 41.9 Å². The number of amides is 2. The lowest BCUT2D eigenvalue weighted by Gasteiger charge is -2.23. The van der Waals surface area contributed by atoms with Crippen molar-refractivity contribution in [1.82, 2.24) is 14.8 Å². The molecular formula is C20H22N6O2S. The number of hydrogen-bond acceptors (Lipinski definition) is 6. The highest BCUT2D eigenvalue weighted by Gasteiger charge is 2.32. The number of carbonyl (C=O) groups is 2. The molecule has 29 heavy (non-hydrogen) atoms. The molecule has 2 aromatic heterocycles. The van der Waals surface area contributed by atoms with Crippen LogP contribution >= 0.6 is 11.3 Å². The predicted octanol–water partition coefficient (Wildman–Crippen LogP) is 3.15. The van der Waals surface area contributed by atoms with Gasteiger partial charge in [-0.2, -0.15) is 5.10 Å². The van der Waals surface area contributed by atoms with Crippen LogP contribution < -0.4 is 15.5 Å². The highest BCUT2D eigenvalue weighted by Crippen LogP contribution is 2.28. The SMILES string of the molecule is CC(C(=O)Nc1cccc(NC(=O)C2CCCN2c2nccs2)c1)n1cccn1. The Kier molecular flexibility index (Phi) is 5.57. The third-order valence-corrected chi connectivity index (χ3v) is 5.73. The second-order valence-electron chi connectivity index (χ2n) is 6.89. The zero-order chi connectivity index (χ0) is 20.2. The van der Waals surface area contributed by atoms with Crippen LogP contribution in [0.2, 0.25) is 0 Å².